The van der Waals surface area contributed by atoms with Gasteiger partial charge in [0.2, 0.25) is 0 Å². The SMILES string of the molecule is C=C(CN)c1oc(Br)cc1C. The Hall–Kier alpha value is -0.540. The van der Waals surface area contributed by atoms with Gasteiger partial charge >= 0.3 is 0 Å². The van der Waals surface area contributed by atoms with E-state index in [-0.39, 0.29) is 0 Å². The molecule has 3 heteroatoms. The van der Waals surface area contributed by atoms with Crippen molar-refractivity contribution in [1.29, 1.82) is 0 Å². The molecule has 0 aromatic carbocycles. The smallest absolute Gasteiger partial charge is 0.170 e. The molecular weight excluding hydrogens is 206 g/mol. The molecule has 2 N–H and O–H groups in total. The van der Waals surface area contributed by atoms with Crippen molar-refractivity contribution >= 4 is 21.5 Å². The summed E-state index contributed by atoms with van der Waals surface area (Å²) < 4.78 is 6.03. The topological polar surface area (TPSA) is 39.2 Å². The van der Waals surface area contributed by atoms with Gasteiger partial charge in [0.15, 0.2) is 4.67 Å². The Bertz CT molecular complexity index is 278. The lowest BCUT2D eigenvalue weighted by Gasteiger charge is -1.97. The Morgan fingerprint density at radius 2 is 2.45 bits per heavy atom. The average molecular weight is 216 g/mol. The molecule has 0 unspecified atom stereocenters. The van der Waals surface area contributed by atoms with Gasteiger partial charge in [-0.2, -0.15) is 0 Å². The summed E-state index contributed by atoms with van der Waals surface area (Å²) in [7, 11) is 0. The quantitative estimate of drug-likeness (QED) is 0.823. The van der Waals surface area contributed by atoms with Crippen molar-refractivity contribution in [2.45, 2.75) is 6.92 Å². The standard InChI is InChI=1S/C8H10BrNO/c1-5-3-7(9)11-8(5)6(2)4-10/h3H,2,4,10H2,1H3. The highest BCUT2D eigenvalue weighted by molar-refractivity contribution is 9.10. The monoisotopic (exact) mass is 215 g/mol. The fourth-order valence-electron chi connectivity index (χ4n) is 0.887. The van der Waals surface area contributed by atoms with Gasteiger partial charge in [-0.3, -0.25) is 0 Å². The number of halogens is 1. The van der Waals surface area contributed by atoms with E-state index < -0.39 is 0 Å². The number of rotatable bonds is 2. The van der Waals surface area contributed by atoms with Crippen molar-refractivity contribution in [2.75, 3.05) is 6.54 Å². The van der Waals surface area contributed by atoms with Gasteiger partial charge in [-0.05, 0) is 34.5 Å². The summed E-state index contributed by atoms with van der Waals surface area (Å²) in [4.78, 5) is 0. The number of hydrogen-bond acceptors (Lipinski definition) is 2. The molecule has 1 aromatic heterocycles. The first-order valence-corrected chi connectivity index (χ1v) is 4.08. The van der Waals surface area contributed by atoms with Crippen molar-refractivity contribution < 1.29 is 4.42 Å². The van der Waals surface area contributed by atoms with Crippen LogP contribution in [-0.2, 0) is 0 Å². The molecule has 0 aliphatic heterocycles. The zero-order chi connectivity index (χ0) is 8.43. The highest BCUT2D eigenvalue weighted by atomic mass is 79.9. The van der Waals surface area contributed by atoms with Crippen molar-refractivity contribution in [3.05, 3.63) is 28.6 Å². The molecule has 2 nitrogen and oxygen atoms in total. The van der Waals surface area contributed by atoms with Gasteiger partial charge in [-0.25, -0.2) is 0 Å². The van der Waals surface area contributed by atoms with Crippen molar-refractivity contribution in [1.82, 2.24) is 0 Å². The second-order valence-corrected chi connectivity index (χ2v) is 3.15. The molecule has 0 amide bonds. The molecule has 60 valence electrons. The zero-order valence-electron chi connectivity index (χ0n) is 6.36. The first kappa shape index (κ1) is 8.56. The fraction of sp³-hybridized carbons (Fsp3) is 0.250. The summed E-state index contributed by atoms with van der Waals surface area (Å²) in [6, 6.07) is 1.90. The number of furan rings is 1. The molecule has 1 heterocycles. The lowest BCUT2D eigenvalue weighted by molar-refractivity contribution is 0.525. The molecule has 0 saturated heterocycles. The van der Waals surface area contributed by atoms with Gasteiger partial charge in [-0.15, -0.1) is 0 Å². The Labute approximate surface area is 74.2 Å². The van der Waals surface area contributed by atoms with E-state index >= 15 is 0 Å². The van der Waals surface area contributed by atoms with Gasteiger partial charge in [0.25, 0.3) is 0 Å². The largest absolute Gasteiger partial charge is 0.449 e. The summed E-state index contributed by atoms with van der Waals surface area (Å²) in [6.45, 7) is 6.17. The lowest BCUT2D eigenvalue weighted by Crippen LogP contribution is -2.00. The first-order chi connectivity index (χ1) is 5.15. The van der Waals surface area contributed by atoms with E-state index in [1.807, 2.05) is 13.0 Å². The molecule has 11 heavy (non-hydrogen) atoms. The average Bonchev–Trinajstić information content (AvgIpc) is 2.28. The molecule has 1 rings (SSSR count). The summed E-state index contributed by atoms with van der Waals surface area (Å²) in [5, 5.41) is 0. The predicted molar refractivity (Wildman–Crippen MR) is 49.2 cm³/mol. The van der Waals surface area contributed by atoms with E-state index in [1.54, 1.807) is 0 Å². The Morgan fingerprint density at radius 1 is 1.82 bits per heavy atom. The maximum absolute atomic E-state index is 5.41. The van der Waals surface area contributed by atoms with Crippen LogP contribution in [0.4, 0.5) is 0 Å². The van der Waals surface area contributed by atoms with Gasteiger partial charge in [-0.1, -0.05) is 6.58 Å². The van der Waals surface area contributed by atoms with Crippen LogP contribution in [0, 0.1) is 6.92 Å². The van der Waals surface area contributed by atoms with Crippen LogP contribution in [0.2, 0.25) is 0 Å². The molecule has 0 aliphatic carbocycles. The number of aryl methyl sites for hydroxylation is 1. The van der Waals surface area contributed by atoms with Crippen LogP contribution in [0.5, 0.6) is 0 Å². The third-order valence-electron chi connectivity index (χ3n) is 1.46. The molecule has 1 aromatic rings. The lowest BCUT2D eigenvalue weighted by atomic mass is 10.1. The third-order valence-corrected chi connectivity index (χ3v) is 1.85. The molecule has 0 bridgehead atoms. The molecule has 0 fully saturated rings. The zero-order valence-corrected chi connectivity index (χ0v) is 7.94. The van der Waals surface area contributed by atoms with Crippen LogP contribution in [-0.4, -0.2) is 6.54 Å². The molecule has 0 aliphatic rings. The number of nitrogens with two attached hydrogens (primary N) is 1. The minimum Gasteiger partial charge on any atom is -0.449 e. The Balaban J connectivity index is 3.03. The predicted octanol–water partition coefficient (Wildman–Crippen LogP) is 2.32. The van der Waals surface area contributed by atoms with Crippen LogP contribution in [0.3, 0.4) is 0 Å². The van der Waals surface area contributed by atoms with Crippen LogP contribution < -0.4 is 5.73 Å². The van der Waals surface area contributed by atoms with E-state index in [0.717, 1.165) is 21.6 Å². The van der Waals surface area contributed by atoms with Gasteiger partial charge in [0, 0.05) is 12.1 Å². The molecule has 0 spiro atoms. The highest BCUT2D eigenvalue weighted by Gasteiger charge is 2.07. The molecular formula is C8H10BrNO. The third kappa shape index (κ3) is 1.73. The highest BCUT2D eigenvalue weighted by Crippen LogP contribution is 2.24. The first-order valence-electron chi connectivity index (χ1n) is 3.29. The van der Waals surface area contributed by atoms with Crippen LogP contribution in [0.15, 0.2) is 21.7 Å². The van der Waals surface area contributed by atoms with Crippen molar-refractivity contribution in [2.24, 2.45) is 5.73 Å². The fourth-order valence-corrected chi connectivity index (χ4v) is 1.39. The van der Waals surface area contributed by atoms with E-state index in [4.69, 9.17) is 10.2 Å². The van der Waals surface area contributed by atoms with Gasteiger partial charge < -0.3 is 10.2 Å². The normalized spacial score (nSPS) is 10.1. The van der Waals surface area contributed by atoms with Gasteiger partial charge in [0.1, 0.15) is 5.76 Å². The molecule has 0 saturated carbocycles. The van der Waals surface area contributed by atoms with E-state index in [1.165, 1.54) is 0 Å². The van der Waals surface area contributed by atoms with Crippen LogP contribution in [0.25, 0.3) is 5.57 Å². The summed E-state index contributed by atoms with van der Waals surface area (Å²) in [6.07, 6.45) is 0. The van der Waals surface area contributed by atoms with E-state index in [9.17, 15) is 0 Å². The van der Waals surface area contributed by atoms with Crippen molar-refractivity contribution in [3.8, 4) is 0 Å². The van der Waals surface area contributed by atoms with E-state index in [0.29, 0.717) is 6.54 Å². The minimum atomic E-state index is 0.431. The Kier molecular flexibility index (Phi) is 2.52. The number of hydrogen-bond donors (Lipinski definition) is 1. The Morgan fingerprint density at radius 3 is 2.82 bits per heavy atom. The minimum absolute atomic E-state index is 0.431. The van der Waals surface area contributed by atoms with Crippen molar-refractivity contribution in [3.63, 3.8) is 0 Å². The van der Waals surface area contributed by atoms with Gasteiger partial charge in [0.05, 0.1) is 0 Å². The molecule has 0 atom stereocenters. The summed E-state index contributed by atoms with van der Waals surface area (Å²) in [5.41, 5.74) is 7.30. The van der Waals surface area contributed by atoms with E-state index in [2.05, 4.69) is 22.5 Å². The second kappa shape index (κ2) is 3.24. The summed E-state index contributed by atoms with van der Waals surface area (Å²) >= 11 is 3.23. The van der Waals surface area contributed by atoms with Crippen LogP contribution in [0.1, 0.15) is 11.3 Å². The summed E-state index contributed by atoms with van der Waals surface area (Å²) in [5.74, 6) is 0.791. The second-order valence-electron chi connectivity index (χ2n) is 2.37. The molecule has 0 radical (unpaired) electrons. The van der Waals surface area contributed by atoms with Crippen LogP contribution >= 0.6 is 15.9 Å². The maximum atomic E-state index is 5.41. The maximum Gasteiger partial charge on any atom is 0.170 e.